The first-order valence-corrected chi connectivity index (χ1v) is 7.28. The van der Waals surface area contributed by atoms with E-state index in [1.165, 1.54) is 12.8 Å². The van der Waals surface area contributed by atoms with E-state index in [2.05, 4.69) is 20.7 Å². The number of nitrogens with one attached hydrogen (secondary N) is 2. The second-order valence-electron chi connectivity index (χ2n) is 5.17. The topological polar surface area (TPSA) is 63.5 Å². The van der Waals surface area contributed by atoms with Gasteiger partial charge >= 0.3 is 0 Å². The fourth-order valence-electron chi connectivity index (χ4n) is 1.89. The van der Waals surface area contributed by atoms with E-state index < -0.39 is 0 Å². The number of hydrogen-bond acceptors (Lipinski definition) is 3. The zero-order chi connectivity index (χ0) is 14.2. The van der Waals surface area contributed by atoms with E-state index in [9.17, 15) is 0 Å². The Morgan fingerprint density at radius 2 is 2.35 bits per heavy atom. The van der Waals surface area contributed by atoms with Gasteiger partial charge in [0.05, 0.1) is 12.2 Å². The van der Waals surface area contributed by atoms with Crippen molar-refractivity contribution < 1.29 is 4.74 Å². The molecule has 0 amide bonds. The number of guanidine groups is 1. The lowest BCUT2D eigenvalue weighted by Gasteiger charge is -2.12. The van der Waals surface area contributed by atoms with Gasteiger partial charge < -0.3 is 15.4 Å². The summed E-state index contributed by atoms with van der Waals surface area (Å²) in [6.45, 7) is 3.35. The van der Waals surface area contributed by atoms with Gasteiger partial charge in [-0.2, -0.15) is 5.10 Å². The van der Waals surface area contributed by atoms with Crippen LogP contribution in [0.25, 0.3) is 0 Å². The SMILES string of the molecule is CN=C(NCCCOCC1CC1)NCc1ccnn1C. The van der Waals surface area contributed by atoms with Crippen LogP contribution in [-0.4, -0.2) is 42.5 Å². The van der Waals surface area contributed by atoms with Crippen molar-refractivity contribution in [3.8, 4) is 0 Å². The van der Waals surface area contributed by atoms with Gasteiger partial charge in [-0.1, -0.05) is 0 Å². The Hall–Kier alpha value is -1.56. The summed E-state index contributed by atoms with van der Waals surface area (Å²) in [4.78, 5) is 4.20. The van der Waals surface area contributed by atoms with Gasteiger partial charge in [0.15, 0.2) is 5.96 Å². The lowest BCUT2D eigenvalue weighted by molar-refractivity contribution is 0.123. The maximum Gasteiger partial charge on any atom is 0.191 e. The molecule has 0 aliphatic heterocycles. The molecular weight excluding hydrogens is 254 g/mol. The van der Waals surface area contributed by atoms with Gasteiger partial charge in [-0.3, -0.25) is 9.67 Å². The summed E-state index contributed by atoms with van der Waals surface area (Å²) >= 11 is 0. The summed E-state index contributed by atoms with van der Waals surface area (Å²) in [5.74, 6) is 1.66. The van der Waals surface area contributed by atoms with Crippen LogP contribution in [0.5, 0.6) is 0 Å². The first-order chi connectivity index (χ1) is 9.79. The third kappa shape index (κ3) is 5.21. The molecule has 0 saturated heterocycles. The Kier molecular flexibility index (Phi) is 5.86. The fourth-order valence-corrected chi connectivity index (χ4v) is 1.89. The molecule has 6 heteroatoms. The van der Waals surface area contributed by atoms with E-state index in [-0.39, 0.29) is 0 Å². The number of ether oxygens (including phenoxy) is 1. The van der Waals surface area contributed by atoms with Gasteiger partial charge in [0, 0.05) is 40.1 Å². The first-order valence-electron chi connectivity index (χ1n) is 7.28. The summed E-state index contributed by atoms with van der Waals surface area (Å²) in [5, 5.41) is 10.7. The number of nitrogens with zero attached hydrogens (tertiary/aromatic N) is 3. The van der Waals surface area contributed by atoms with Crippen molar-refractivity contribution in [3.63, 3.8) is 0 Å². The average Bonchev–Trinajstić information content (AvgIpc) is 3.19. The molecule has 1 heterocycles. The second-order valence-corrected chi connectivity index (χ2v) is 5.17. The number of rotatable bonds is 8. The quantitative estimate of drug-likeness (QED) is 0.422. The first kappa shape index (κ1) is 14.8. The lowest BCUT2D eigenvalue weighted by atomic mass is 10.4. The van der Waals surface area contributed by atoms with Gasteiger partial charge in [0.25, 0.3) is 0 Å². The fraction of sp³-hybridized carbons (Fsp3) is 0.714. The van der Waals surface area contributed by atoms with Crippen LogP contribution >= 0.6 is 0 Å². The third-order valence-electron chi connectivity index (χ3n) is 3.39. The predicted octanol–water partition coefficient (Wildman–Crippen LogP) is 0.902. The van der Waals surface area contributed by atoms with Crippen molar-refractivity contribution >= 4 is 5.96 Å². The largest absolute Gasteiger partial charge is 0.381 e. The van der Waals surface area contributed by atoms with Gasteiger partial charge in [0.1, 0.15) is 0 Å². The molecule has 0 bridgehead atoms. The lowest BCUT2D eigenvalue weighted by Crippen LogP contribution is -2.38. The average molecular weight is 279 g/mol. The molecule has 0 aromatic carbocycles. The normalized spacial score (nSPS) is 15.4. The van der Waals surface area contributed by atoms with E-state index in [0.29, 0.717) is 6.54 Å². The predicted molar refractivity (Wildman–Crippen MR) is 79.6 cm³/mol. The molecule has 1 aliphatic rings. The molecule has 1 aromatic rings. The minimum absolute atomic E-state index is 0.717. The van der Waals surface area contributed by atoms with Crippen LogP contribution in [0.1, 0.15) is 25.0 Å². The van der Waals surface area contributed by atoms with E-state index in [4.69, 9.17) is 4.74 Å². The monoisotopic (exact) mass is 279 g/mol. The van der Waals surface area contributed by atoms with Crippen molar-refractivity contribution in [2.24, 2.45) is 18.0 Å². The summed E-state index contributed by atoms with van der Waals surface area (Å²) in [7, 11) is 3.71. The van der Waals surface area contributed by atoms with Crippen molar-refractivity contribution in [3.05, 3.63) is 18.0 Å². The second kappa shape index (κ2) is 7.89. The maximum absolute atomic E-state index is 5.60. The van der Waals surface area contributed by atoms with E-state index >= 15 is 0 Å². The Labute approximate surface area is 120 Å². The molecule has 1 aliphatic carbocycles. The number of hydrogen-bond donors (Lipinski definition) is 2. The van der Waals surface area contributed by atoms with Crippen molar-refractivity contribution in [2.75, 3.05) is 26.8 Å². The maximum atomic E-state index is 5.60. The molecule has 1 fully saturated rings. The van der Waals surface area contributed by atoms with Gasteiger partial charge in [-0.15, -0.1) is 0 Å². The number of aliphatic imine (C=N–C) groups is 1. The van der Waals surface area contributed by atoms with Gasteiger partial charge in [-0.05, 0) is 31.2 Å². The van der Waals surface area contributed by atoms with Crippen LogP contribution in [0, 0.1) is 5.92 Å². The highest BCUT2D eigenvalue weighted by Crippen LogP contribution is 2.28. The molecule has 1 aromatic heterocycles. The zero-order valence-corrected chi connectivity index (χ0v) is 12.4. The highest BCUT2D eigenvalue weighted by molar-refractivity contribution is 5.79. The molecule has 0 radical (unpaired) electrons. The molecule has 2 N–H and O–H groups in total. The Morgan fingerprint density at radius 3 is 3.00 bits per heavy atom. The summed E-state index contributed by atoms with van der Waals surface area (Å²) in [6.07, 6.45) is 5.50. The highest BCUT2D eigenvalue weighted by atomic mass is 16.5. The molecule has 0 spiro atoms. The standard InChI is InChI=1S/C14H25N5O/c1-15-14(17-10-13-6-8-18-19(13)2)16-7-3-9-20-11-12-4-5-12/h6,8,12H,3-5,7,9-11H2,1-2H3,(H2,15,16,17). The van der Waals surface area contributed by atoms with Crippen LogP contribution in [0.2, 0.25) is 0 Å². The molecular formula is C14H25N5O. The summed E-state index contributed by atoms with van der Waals surface area (Å²) < 4.78 is 7.45. The third-order valence-corrected chi connectivity index (χ3v) is 3.39. The van der Waals surface area contributed by atoms with E-state index in [0.717, 1.165) is 43.8 Å². The minimum atomic E-state index is 0.717. The number of aromatic nitrogens is 2. The van der Waals surface area contributed by atoms with Gasteiger partial charge in [0.2, 0.25) is 0 Å². The Bertz CT molecular complexity index is 425. The van der Waals surface area contributed by atoms with E-state index in [1.807, 2.05) is 17.8 Å². The van der Waals surface area contributed by atoms with E-state index in [1.54, 1.807) is 13.2 Å². The van der Waals surface area contributed by atoms with Crippen LogP contribution < -0.4 is 10.6 Å². The molecule has 0 unspecified atom stereocenters. The highest BCUT2D eigenvalue weighted by Gasteiger charge is 2.20. The molecule has 112 valence electrons. The molecule has 2 rings (SSSR count). The smallest absolute Gasteiger partial charge is 0.191 e. The van der Waals surface area contributed by atoms with Crippen LogP contribution in [0.15, 0.2) is 17.3 Å². The summed E-state index contributed by atoms with van der Waals surface area (Å²) in [6, 6.07) is 1.99. The number of aryl methyl sites for hydroxylation is 1. The Balaban J connectivity index is 1.54. The minimum Gasteiger partial charge on any atom is -0.381 e. The zero-order valence-electron chi connectivity index (χ0n) is 12.4. The van der Waals surface area contributed by atoms with Crippen LogP contribution in [0.4, 0.5) is 0 Å². The van der Waals surface area contributed by atoms with Crippen LogP contribution in [0.3, 0.4) is 0 Å². The van der Waals surface area contributed by atoms with Crippen molar-refractivity contribution in [1.82, 2.24) is 20.4 Å². The van der Waals surface area contributed by atoms with Crippen molar-refractivity contribution in [2.45, 2.75) is 25.8 Å². The Morgan fingerprint density at radius 1 is 1.50 bits per heavy atom. The molecule has 0 atom stereocenters. The molecule has 1 saturated carbocycles. The summed E-state index contributed by atoms with van der Waals surface area (Å²) in [5.41, 5.74) is 1.13. The molecule has 6 nitrogen and oxygen atoms in total. The molecule has 20 heavy (non-hydrogen) atoms. The van der Waals surface area contributed by atoms with Crippen molar-refractivity contribution in [1.29, 1.82) is 0 Å². The van der Waals surface area contributed by atoms with Crippen LogP contribution in [-0.2, 0) is 18.3 Å². The van der Waals surface area contributed by atoms with Gasteiger partial charge in [-0.25, -0.2) is 0 Å².